The summed E-state index contributed by atoms with van der Waals surface area (Å²) >= 11 is 0. The zero-order valence-electron chi connectivity index (χ0n) is 10.9. The second kappa shape index (κ2) is 4.86. The van der Waals surface area contributed by atoms with Crippen LogP contribution >= 0.6 is 0 Å². The van der Waals surface area contributed by atoms with E-state index in [1.807, 2.05) is 0 Å². The van der Waals surface area contributed by atoms with Gasteiger partial charge in [0, 0.05) is 0 Å². The second-order valence-corrected chi connectivity index (χ2v) is 4.82. The molecule has 0 aromatic carbocycles. The topological polar surface area (TPSA) is 160 Å². The molecule has 1 aliphatic rings. The summed E-state index contributed by atoms with van der Waals surface area (Å²) in [7, 11) is 0. The smallest absolute Gasteiger partial charge is 0.199 e. The quantitative estimate of drug-likeness (QED) is 0.402. The standard InChI is InChI=1S/C11H15N5O5/c12-9-6-10(14-3-13-9)16(4-15-6)11(2-18)8(20)7(19)5(1-17)21-11/h3-5,7-8,17-20H,1-2H2,(H2,12,13,14). The maximum absolute atomic E-state index is 10.2. The van der Waals surface area contributed by atoms with Crippen molar-refractivity contribution in [2.75, 3.05) is 18.9 Å². The van der Waals surface area contributed by atoms with Crippen molar-refractivity contribution in [2.24, 2.45) is 0 Å². The molecule has 4 atom stereocenters. The highest BCUT2D eigenvalue weighted by molar-refractivity contribution is 5.81. The van der Waals surface area contributed by atoms with Gasteiger partial charge in [-0.05, 0) is 0 Å². The summed E-state index contributed by atoms with van der Waals surface area (Å²) in [6.45, 7) is -1.17. The van der Waals surface area contributed by atoms with E-state index in [2.05, 4.69) is 15.0 Å². The summed E-state index contributed by atoms with van der Waals surface area (Å²) in [6, 6.07) is 0. The van der Waals surface area contributed by atoms with Crippen LogP contribution in [-0.4, -0.2) is 71.5 Å². The molecule has 114 valence electrons. The van der Waals surface area contributed by atoms with Crippen molar-refractivity contribution in [1.29, 1.82) is 0 Å². The fourth-order valence-corrected chi connectivity index (χ4v) is 2.55. The summed E-state index contributed by atoms with van der Waals surface area (Å²) in [5, 5.41) is 39.1. The molecule has 10 heteroatoms. The minimum absolute atomic E-state index is 0.138. The van der Waals surface area contributed by atoms with Gasteiger partial charge in [-0.15, -0.1) is 0 Å². The number of hydrogen-bond acceptors (Lipinski definition) is 9. The van der Waals surface area contributed by atoms with Crippen LogP contribution in [0.5, 0.6) is 0 Å². The van der Waals surface area contributed by atoms with Crippen LogP contribution < -0.4 is 5.73 Å². The minimum Gasteiger partial charge on any atom is -0.394 e. The molecule has 0 saturated carbocycles. The Morgan fingerprint density at radius 2 is 2.05 bits per heavy atom. The van der Waals surface area contributed by atoms with E-state index in [4.69, 9.17) is 10.5 Å². The van der Waals surface area contributed by atoms with Crippen molar-refractivity contribution < 1.29 is 25.2 Å². The molecular formula is C11H15N5O5. The van der Waals surface area contributed by atoms with Gasteiger partial charge >= 0.3 is 0 Å². The van der Waals surface area contributed by atoms with Gasteiger partial charge in [-0.25, -0.2) is 15.0 Å². The highest BCUT2D eigenvalue weighted by Gasteiger charge is 2.55. The number of aliphatic hydroxyl groups is 4. The maximum atomic E-state index is 10.2. The van der Waals surface area contributed by atoms with Crippen molar-refractivity contribution in [3.8, 4) is 0 Å². The molecule has 3 rings (SSSR count). The van der Waals surface area contributed by atoms with Crippen LogP contribution in [-0.2, 0) is 10.5 Å². The number of nitrogens with two attached hydrogens (primary N) is 1. The third-order valence-electron chi connectivity index (χ3n) is 3.70. The van der Waals surface area contributed by atoms with Crippen LogP contribution in [0.4, 0.5) is 5.82 Å². The fourth-order valence-electron chi connectivity index (χ4n) is 2.55. The van der Waals surface area contributed by atoms with E-state index in [9.17, 15) is 20.4 Å². The summed E-state index contributed by atoms with van der Waals surface area (Å²) in [6.07, 6.45) is -1.39. The molecule has 10 nitrogen and oxygen atoms in total. The molecule has 0 spiro atoms. The number of nitrogens with zero attached hydrogens (tertiary/aromatic N) is 4. The molecule has 0 bridgehead atoms. The molecule has 0 amide bonds. The van der Waals surface area contributed by atoms with Gasteiger partial charge in [-0.2, -0.15) is 0 Å². The largest absolute Gasteiger partial charge is 0.394 e. The van der Waals surface area contributed by atoms with Crippen molar-refractivity contribution >= 4 is 17.0 Å². The van der Waals surface area contributed by atoms with Gasteiger partial charge in [0.2, 0.25) is 0 Å². The van der Waals surface area contributed by atoms with E-state index in [-0.39, 0.29) is 17.0 Å². The molecule has 1 saturated heterocycles. The van der Waals surface area contributed by atoms with Crippen LogP contribution in [0.2, 0.25) is 0 Å². The van der Waals surface area contributed by atoms with Crippen molar-refractivity contribution in [3.05, 3.63) is 12.7 Å². The Morgan fingerprint density at radius 3 is 2.67 bits per heavy atom. The van der Waals surface area contributed by atoms with Gasteiger partial charge in [-0.3, -0.25) is 4.57 Å². The lowest BCUT2D eigenvalue weighted by molar-refractivity contribution is -0.169. The highest BCUT2D eigenvalue weighted by atomic mass is 16.6. The Labute approximate surface area is 118 Å². The van der Waals surface area contributed by atoms with Crippen LogP contribution in [0, 0.1) is 0 Å². The Morgan fingerprint density at radius 1 is 1.29 bits per heavy atom. The molecule has 0 aliphatic carbocycles. The van der Waals surface area contributed by atoms with Crippen molar-refractivity contribution in [1.82, 2.24) is 19.5 Å². The van der Waals surface area contributed by atoms with E-state index in [1.54, 1.807) is 0 Å². The Hall–Kier alpha value is -1.85. The van der Waals surface area contributed by atoms with E-state index in [0.717, 1.165) is 0 Å². The van der Waals surface area contributed by atoms with Crippen LogP contribution in [0.3, 0.4) is 0 Å². The lowest BCUT2D eigenvalue weighted by Crippen LogP contribution is -2.48. The molecule has 2 aromatic rings. The summed E-state index contributed by atoms with van der Waals surface area (Å²) in [4.78, 5) is 11.8. The Kier molecular flexibility index (Phi) is 3.26. The maximum Gasteiger partial charge on any atom is 0.199 e. The SMILES string of the molecule is Nc1ncnc2c1ncn2C1(CO)OC(CO)C(O)C1O. The number of aromatic nitrogens is 4. The van der Waals surface area contributed by atoms with Gasteiger partial charge < -0.3 is 30.9 Å². The number of fused-ring (bicyclic) bond motifs is 1. The first-order valence-corrected chi connectivity index (χ1v) is 6.25. The summed E-state index contributed by atoms with van der Waals surface area (Å²) < 4.78 is 6.77. The zero-order chi connectivity index (χ0) is 15.2. The number of nitrogen functional groups attached to an aromatic ring is 1. The Balaban J connectivity index is 2.17. The van der Waals surface area contributed by atoms with Crippen molar-refractivity contribution in [2.45, 2.75) is 24.0 Å². The fraction of sp³-hybridized carbons (Fsp3) is 0.545. The number of hydrogen-bond donors (Lipinski definition) is 5. The van der Waals surface area contributed by atoms with Gasteiger partial charge in [0.1, 0.15) is 30.2 Å². The van der Waals surface area contributed by atoms with E-state index in [1.165, 1.54) is 17.2 Å². The van der Waals surface area contributed by atoms with Crippen LogP contribution in [0.15, 0.2) is 12.7 Å². The molecule has 21 heavy (non-hydrogen) atoms. The number of imidazole rings is 1. The van der Waals surface area contributed by atoms with Gasteiger partial charge in [0.25, 0.3) is 0 Å². The third kappa shape index (κ3) is 1.81. The van der Waals surface area contributed by atoms with Crippen LogP contribution in [0.1, 0.15) is 0 Å². The first-order valence-electron chi connectivity index (χ1n) is 6.25. The normalized spacial score (nSPS) is 32.9. The monoisotopic (exact) mass is 297 g/mol. The van der Waals surface area contributed by atoms with E-state index in [0.29, 0.717) is 0 Å². The second-order valence-electron chi connectivity index (χ2n) is 4.82. The highest BCUT2D eigenvalue weighted by Crippen LogP contribution is 2.37. The summed E-state index contributed by atoms with van der Waals surface area (Å²) in [5.41, 5.74) is 4.50. The zero-order valence-corrected chi connectivity index (χ0v) is 10.9. The predicted octanol–water partition coefficient (Wildman–Crippen LogP) is -2.83. The first-order chi connectivity index (χ1) is 10.0. The molecule has 6 N–H and O–H groups in total. The number of anilines is 1. The van der Waals surface area contributed by atoms with Gasteiger partial charge in [-0.1, -0.05) is 0 Å². The first kappa shape index (κ1) is 14.1. The average Bonchev–Trinajstić information content (AvgIpc) is 3.03. The van der Waals surface area contributed by atoms with E-state index >= 15 is 0 Å². The third-order valence-corrected chi connectivity index (χ3v) is 3.70. The molecular weight excluding hydrogens is 282 g/mol. The number of aliphatic hydroxyl groups excluding tert-OH is 4. The van der Waals surface area contributed by atoms with Gasteiger partial charge in [0.15, 0.2) is 17.2 Å². The number of ether oxygens (including phenoxy) is 1. The average molecular weight is 297 g/mol. The predicted molar refractivity (Wildman–Crippen MR) is 68.8 cm³/mol. The Bertz CT molecular complexity index is 663. The molecule has 0 radical (unpaired) electrons. The van der Waals surface area contributed by atoms with E-state index < -0.39 is 37.3 Å². The lowest BCUT2D eigenvalue weighted by Gasteiger charge is -2.31. The number of rotatable bonds is 3. The van der Waals surface area contributed by atoms with Crippen molar-refractivity contribution in [3.63, 3.8) is 0 Å². The molecule has 1 aliphatic heterocycles. The molecule has 4 unspecified atom stereocenters. The molecule has 1 fully saturated rings. The lowest BCUT2D eigenvalue weighted by atomic mass is 10.0. The summed E-state index contributed by atoms with van der Waals surface area (Å²) in [5.74, 6) is 0.138. The molecule has 2 aromatic heterocycles. The van der Waals surface area contributed by atoms with Gasteiger partial charge in [0.05, 0.1) is 19.5 Å². The minimum atomic E-state index is -1.71. The van der Waals surface area contributed by atoms with Crippen LogP contribution in [0.25, 0.3) is 11.2 Å². The molecule has 3 heterocycles.